The standard InChI is InChI=1S/C33H36ClN3O4/c1-23-7-5-9-25(17-23)21-40-30-12-4-3-11-27(30)19-37(16-15-28(35)33(38)39)20-29-31(13-14-32(34)36-29)41-22-26-10-6-8-24(2)18-26/h3-14,17-18,28H,15-16,19-22,35H2,1-2H3,(H,38,39)/t28-/m0/s1. The van der Waals surface area contributed by atoms with Crippen molar-refractivity contribution in [3.05, 3.63) is 124 Å². The lowest BCUT2D eigenvalue weighted by Gasteiger charge is -2.25. The van der Waals surface area contributed by atoms with E-state index in [1.54, 1.807) is 6.07 Å². The highest BCUT2D eigenvalue weighted by Crippen LogP contribution is 2.26. The van der Waals surface area contributed by atoms with Gasteiger partial charge < -0.3 is 20.3 Å². The number of carbonyl (C=O) groups is 1. The quantitative estimate of drug-likeness (QED) is 0.170. The molecule has 0 radical (unpaired) electrons. The highest BCUT2D eigenvalue weighted by atomic mass is 35.5. The molecule has 214 valence electrons. The van der Waals surface area contributed by atoms with Gasteiger partial charge in [0.1, 0.15) is 35.9 Å². The first-order valence-electron chi connectivity index (χ1n) is 13.6. The minimum absolute atomic E-state index is 0.266. The Labute approximate surface area is 246 Å². The first-order valence-corrected chi connectivity index (χ1v) is 14.0. The number of aryl methyl sites for hydroxylation is 2. The number of nitrogens with two attached hydrogens (primary N) is 1. The lowest BCUT2D eigenvalue weighted by molar-refractivity contribution is -0.138. The van der Waals surface area contributed by atoms with Gasteiger partial charge in [0.15, 0.2) is 0 Å². The Morgan fingerprint density at radius 1 is 0.878 bits per heavy atom. The minimum Gasteiger partial charge on any atom is -0.489 e. The molecule has 4 rings (SSSR count). The Morgan fingerprint density at radius 2 is 1.51 bits per heavy atom. The molecule has 0 aliphatic rings. The Bertz CT molecular complexity index is 1460. The average molecular weight is 574 g/mol. The third-order valence-corrected chi connectivity index (χ3v) is 6.88. The monoisotopic (exact) mass is 573 g/mol. The number of para-hydroxylation sites is 1. The molecule has 0 aliphatic carbocycles. The summed E-state index contributed by atoms with van der Waals surface area (Å²) in [6.45, 7) is 6.21. The number of hydrogen-bond acceptors (Lipinski definition) is 6. The van der Waals surface area contributed by atoms with E-state index in [2.05, 4.69) is 35.0 Å². The third-order valence-electron chi connectivity index (χ3n) is 6.67. The van der Waals surface area contributed by atoms with Crippen LogP contribution in [0.15, 0.2) is 84.9 Å². The Morgan fingerprint density at radius 3 is 2.15 bits per heavy atom. The topological polar surface area (TPSA) is 97.9 Å². The van der Waals surface area contributed by atoms with Crippen LogP contribution in [0, 0.1) is 13.8 Å². The van der Waals surface area contributed by atoms with Gasteiger partial charge in [0, 0.05) is 25.2 Å². The molecule has 0 spiro atoms. The summed E-state index contributed by atoms with van der Waals surface area (Å²) < 4.78 is 12.4. The number of carboxylic acid groups (broad SMARTS) is 1. The van der Waals surface area contributed by atoms with Crippen LogP contribution in [0.25, 0.3) is 0 Å². The summed E-state index contributed by atoms with van der Waals surface area (Å²) in [5.74, 6) is 0.346. The molecule has 0 amide bonds. The molecule has 0 aliphatic heterocycles. The number of rotatable bonds is 14. The van der Waals surface area contributed by atoms with Gasteiger partial charge in [-0.1, -0.05) is 89.5 Å². The van der Waals surface area contributed by atoms with E-state index in [1.165, 1.54) is 5.56 Å². The molecule has 1 atom stereocenters. The zero-order valence-electron chi connectivity index (χ0n) is 23.4. The largest absolute Gasteiger partial charge is 0.489 e. The van der Waals surface area contributed by atoms with E-state index in [1.807, 2.05) is 67.6 Å². The molecule has 4 aromatic rings. The van der Waals surface area contributed by atoms with E-state index in [4.69, 9.17) is 26.8 Å². The molecular weight excluding hydrogens is 538 g/mol. The summed E-state index contributed by atoms with van der Waals surface area (Å²) in [5, 5.41) is 9.73. The van der Waals surface area contributed by atoms with Gasteiger partial charge in [-0.25, -0.2) is 4.98 Å². The zero-order valence-corrected chi connectivity index (χ0v) is 24.2. The van der Waals surface area contributed by atoms with Crippen molar-refractivity contribution >= 4 is 17.6 Å². The van der Waals surface area contributed by atoms with Gasteiger partial charge in [0.2, 0.25) is 0 Å². The third kappa shape index (κ3) is 9.32. The van der Waals surface area contributed by atoms with Crippen molar-refractivity contribution in [1.82, 2.24) is 9.88 Å². The number of nitrogens with zero attached hydrogens (tertiary/aromatic N) is 2. The molecule has 1 aromatic heterocycles. The smallest absolute Gasteiger partial charge is 0.320 e. The summed E-state index contributed by atoms with van der Waals surface area (Å²) in [4.78, 5) is 18.1. The maximum Gasteiger partial charge on any atom is 0.320 e. The maximum atomic E-state index is 11.5. The second kappa shape index (κ2) is 14.6. The lowest BCUT2D eigenvalue weighted by atomic mass is 10.1. The normalized spacial score (nSPS) is 11.8. The molecule has 0 bridgehead atoms. The van der Waals surface area contributed by atoms with Crippen molar-refractivity contribution in [1.29, 1.82) is 0 Å². The summed E-state index contributed by atoms with van der Waals surface area (Å²) in [5.41, 5.74) is 12.0. The molecule has 7 nitrogen and oxygen atoms in total. The van der Waals surface area contributed by atoms with Gasteiger partial charge in [-0.2, -0.15) is 0 Å². The Kier molecular flexibility index (Phi) is 10.7. The van der Waals surface area contributed by atoms with Gasteiger partial charge in [0.05, 0.1) is 5.69 Å². The molecule has 0 unspecified atom stereocenters. The first-order chi connectivity index (χ1) is 19.8. The van der Waals surface area contributed by atoms with Crippen molar-refractivity contribution < 1.29 is 19.4 Å². The van der Waals surface area contributed by atoms with E-state index >= 15 is 0 Å². The van der Waals surface area contributed by atoms with Crippen LogP contribution >= 0.6 is 11.6 Å². The number of pyridine rings is 1. The molecule has 0 saturated carbocycles. The van der Waals surface area contributed by atoms with Crippen molar-refractivity contribution in [3.63, 3.8) is 0 Å². The van der Waals surface area contributed by atoms with Crippen molar-refractivity contribution in [2.45, 2.75) is 52.6 Å². The van der Waals surface area contributed by atoms with Crippen LogP contribution in [0.4, 0.5) is 0 Å². The first kappa shape index (κ1) is 30.1. The number of hydrogen-bond donors (Lipinski definition) is 2. The van der Waals surface area contributed by atoms with Crippen LogP contribution in [-0.2, 0) is 31.1 Å². The van der Waals surface area contributed by atoms with Crippen molar-refractivity contribution in [2.75, 3.05) is 6.54 Å². The fraction of sp³-hybridized carbons (Fsp3) is 0.273. The van der Waals surface area contributed by atoms with Crippen LogP contribution in [0.5, 0.6) is 11.5 Å². The molecule has 8 heteroatoms. The second-order valence-electron chi connectivity index (χ2n) is 10.2. The van der Waals surface area contributed by atoms with E-state index in [0.29, 0.717) is 49.4 Å². The van der Waals surface area contributed by atoms with Crippen molar-refractivity contribution in [3.8, 4) is 11.5 Å². The van der Waals surface area contributed by atoms with Gasteiger partial charge in [-0.15, -0.1) is 0 Å². The molecule has 0 saturated heterocycles. The van der Waals surface area contributed by atoms with E-state index in [9.17, 15) is 9.90 Å². The number of aliphatic carboxylic acids is 1. The van der Waals surface area contributed by atoms with E-state index in [-0.39, 0.29) is 6.42 Å². The Hall–Kier alpha value is -3.91. The molecule has 1 heterocycles. The van der Waals surface area contributed by atoms with Crippen LogP contribution in [0.1, 0.15) is 39.9 Å². The summed E-state index contributed by atoms with van der Waals surface area (Å²) in [6, 6.07) is 26.8. The van der Waals surface area contributed by atoms with Gasteiger partial charge in [-0.05, 0) is 49.6 Å². The lowest BCUT2D eigenvalue weighted by Crippen LogP contribution is -2.35. The summed E-state index contributed by atoms with van der Waals surface area (Å²) in [6.07, 6.45) is 0.266. The average Bonchev–Trinajstić information content (AvgIpc) is 2.95. The number of carboxylic acids is 1. The molecular formula is C33H36ClN3O4. The predicted octanol–water partition coefficient (Wildman–Crippen LogP) is 6.31. The van der Waals surface area contributed by atoms with Crippen LogP contribution in [-0.4, -0.2) is 33.5 Å². The fourth-order valence-corrected chi connectivity index (χ4v) is 4.68. The van der Waals surface area contributed by atoms with Crippen LogP contribution in [0.3, 0.4) is 0 Å². The Balaban J connectivity index is 1.54. The number of ether oxygens (including phenoxy) is 2. The zero-order chi connectivity index (χ0) is 29.2. The number of benzene rings is 3. The van der Waals surface area contributed by atoms with E-state index < -0.39 is 12.0 Å². The van der Waals surface area contributed by atoms with Gasteiger partial charge >= 0.3 is 5.97 Å². The second-order valence-corrected chi connectivity index (χ2v) is 10.6. The molecule has 41 heavy (non-hydrogen) atoms. The van der Waals surface area contributed by atoms with Gasteiger partial charge in [0.25, 0.3) is 0 Å². The highest BCUT2D eigenvalue weighted by molar-refractivity contribution is 6.29. The van der Waals surface area contributed by atoms with Gasteiger partial charge in [-0.3, -0.25) is 9.69 Å². The summed E-state index contributed by atoms with van der Waals surface area (Å²) >= 11 is 6.30. The van der Waals surface area contributed by atoms with Crippen LogP contribution < -0.4 is 15.2 Å². The molecule has 3 aromatic carbocycles. The van der Waals surface area contributed by atoms with E-state index in [0.717, 1.165) is 28.0 Å². The van der Waals surface area contributed by atoms with Crippen molar-refractivity contribution in [2.24, 2.45) is 5.73 Å². The fourth-order valence-electron chi connectivity index (χ4n) is 4.52. The number of halogens is 1. The summed E-state index contributed by atoms with van der Waals surface area (Å²) in [7, 11) is 0. The molecule has 3 N–H and O–H groups in total. The SMILES string of the molecule is Cc1cccc(COc2ccccc2CN(CC[C@H](N)C(=O)O)Cc2nc(Cl)ccc2OCc2cccc(C)c2)c1. The minimum atomic E-state index is -1.03. The predicted molar refractivity (Wildman–Crippen MR) is 161 cm³/mol. The van der Waals surface area contributed by atoms with Crippen LogP contribution in [0.2, 0.25) is 5.15 Å². The highest BCUT2D eigenvalue weighted by Gasteiger charge is 2.19. The number of aromatic nitrogens is 1. The molecule has 0 fully saturated rings. The maximum absolute atomic E-state index is 11.5.